The van der Waals surface area contributed by atoms with Crippen LogP contribution >= 0.6 is 0 Å². The summed E-state index contributed by atoms with van der Waals surface area (Å²) < 4.78 is 34.8. The van der Waals surface area contributed by atoms with Crippen molar-refractivity contribution < 1.29 is 58.6 Å². The molecule has 1 aromatic rings. The monoisotopic (exact) mass is 625 g/mol. The van der Waals surface area contributed by atoms with Gasteiger partial charge in [0, 0.05) is 17.9 Å². The fourth-order valence-corrected chi connectivity index (χ4v) is 8.87. The number of quaternary nitrogens is 2. The molecule has 0 aromatic heterocycles. The number of carboxylic acids is 1. The number of β-lactam (4-membered cyclic amide) rings is 1. The summed E-state index contributed by atoms with van der Waals surface area (Å²) in [4.78, 5) is 37.5. The molecule has 2 amide bonds. The van der Waals surface area contributed by atoms with Crippen molar-refractivity contribution >= 4 is 33.8 Å². The van der Waals surface area contributed by atoms with Crippen molar-refractivity contribution in [1.82, 2.24) is 4.90 Å². The van der Waals surface area contributed by atoms with Gasteiger partial charge in [0.1, 0.15) is 39.3 Å². The molecular weight excluding hydrogens is 590 g/mol. The third-order valence-corrected chi connectivity index (χ3v) is 11.4. The molecule has 4 saturated heterocycles. The first-order valence-electron chi connectivity index (χ1n) is 14.1. The molecule has 0 aliphatic carbocycles. The number of piperazine rings is 3. The summed E-state index contributed by atoms with van der Waals surface area (Å²) >= 11 is 0. The first kappa shape index (κ1) is 30.5. The number of aliphatic hydroxyl groups excluding tert-OH is 1. The summed E-state index contributed by atoms with van der Waals surface area (Å²) in [6.45, 7) is 9.51. The van der Waals surface area contributed by atoms with Crippen molar-refractivity contribution in [1.29, 1.82) is 0 Å². The van der Waals surface area contributed by atoms with E-state index in [1.165, 1.54) is 6.92 Å². The van der Waals surface area contributed by atoms with Gasteiger partial charge in [-0.1, -0.05) is 19.1 Å². The molecular formula is C27H36ClN5O8S. The normalized spacial score (nSPS) is 32.9. The second-order valence-electron chi connectivity index (χ2n) is 12.4. The minimum Gasteiger partial charge on any atom is -1.00 e. The number of carbonyl (C=O) groups is 3. The molecule has 6 heterocycles. The van der Waals surface area contributed by atoms with E-state index in [0.29, 0.717) is 18.7 Å². The van der Waals surface area contributed by atoms with Crippen LogP contribution in [0.25, 0.3) is 0 Å². The molecule has 4 atom stereocenters. The molecule has 3 N–H and O–H groups in total. The second-order valence-corrected chi connectivity index (χ2v) is 13.8. The first-order chi connectivity index (χ1) is 19.3. The number of primary amides is 1. The molecule has 6 aliphatic rings. The fourth-order valence-electron chi connectivity index (χ4n) is 7.70. The Kier molecular flexibility index (Phi) is 7.54. The second kappa shape index (κ2) is 10.4. The van der Waals surface area contributed by atoms with E-state index >= 15 is 0 Å². The number of fused-ring (bicyclic) bond motifs is 5. The predicted molar refractivity (Wildman–Crippen MR) is 143 cm³/mol. The zero-order chi connectivity index (χ0) is 29.5. The van der Waals surface area contributed by atoms with Gasteiger partial charge >= 0.3 is 10.3 Å². The number of benzene rings is 1. The maximum atomic E-state index is 13.3. The highest BCUT2D eigenvalue weighted by Crippen LogP contribution is 2.49. The van der Waals surface area contributed by atoms with Crippen LogP contribution in [0.3, 0.4) is 0 Å². The van der Waals surface area contributed by atoms with Crippen molar-refractivity contribution in [3.05, 3.63) is 35.0 Å². The van der Waals surface area contributed by atoms with Crippen LogP contribution in [0, 0.1) is 11.8 Å². The van der Waals surface area contributed by atoms with Gasteiger partial charge in [0.05, 0.1) is 48.5 Å². The quantitative estimate of drug-likeness (QED) is 0.202. The van der Waals surface area contributed by atoms with E-state index in [2.05, 4.69) is 0 Å². The van der Waals surface area contributed by atoms with Gasteiger partial charge in [-0.25, -0.2) is 4.31 Å². The molecule has 0 radical (unpaired) electrons. The number of para-hydroxylation sites is 1. The van der Waals surface area contributed by atoms with Crippen molar-refractivity contribution in [2.45, 2.75) is 32.4 Å². The number of aliphatic carboxylic acids is 1. The molecule has 42 heavy (non-hydrogen) atoms. The Morgan fingerprint density at radius 1 is 1.17 bits per heavy atom. The van der Waals surface area contributed by atoms with E-state index < -0.39 is 46.2 Å². The van der Waals surface area contributed by atoms with Crippen LogP contribution in [0.2, 0.25) is 0 Å². The average molecular weight is 626 g/mol. The third kappa shape index (κ3) is 4.64. The molecule has 13 nitrogen and oxygen atoms in total. The van der Waals surface area contributed by atoms with Crippen molar-refractivity contribution in [2.24, 2.45) is 17.6 Å². The Morgan fingerprint density at radius 3 is 2.36 bits per heavy atom. The highest BCUT2D eigenvalue weighted by atomic mass is 35.5. The number of hydrogen-bond acceptors (Lipinski definition) is 8. The Bertz CT molecular complexity index is 1460. The molecule has 230 valence electrons. The lowest BCUT2D eigenvalue weighted by molar-refractivity contribution is -1.08. The lowest BCUT2D eigenvalue weighted by atomic mass is 9.78. The van der Waals surface area contributed by atoms with E-state index in [1.807, 2.05) is 6.07 Å². The number of halogens is 1. The van der Waals surface area contributed by atoms with Crippen LogP contribution in [0.5, 0.6) is 5.75 Å². The number of carboxylic acid groups (broad SMARTS) is 1. The summed E-state index contributed by atoms with van der Waals surface area (Å²) in [5, 5.41) is 22.2. The SMILES string of the molecule is C[C@@H](O)[C@H]1C(=O)N2C(C(=O)[O-])=C(CN3c4cccc(CC[N+]56CC[N+](CC(N)=O)(CC5)CC6)c4OS3(=O)=O)[C@H](C)[C@H]12.[Cl-]. The molecule has 0 saturated carbocycles. The van der Waals surface area contributed by atoms with Gasteiger partial charge in [0.15, 0.2) is 12.3 Å². The molecule has 1 aromatic carbocycles. The number of carbonyl (C=O) groups excluding carboxylic acids is 3. The number of amides is 2. The molecule has 15 heteroatoms. The van der Waals surface area contributed by atoms with E-state index in [4.69, 9.17) is 9.92 Å². The topological polar surface area (TPSA) is 170 Å². The van der Waals surface area contributed by atoms with Gasteiger partial charge in [-0.2, -0.15) is 8.42 Å². The van der Waals surface area contributed by atoms with Crippen molar-refractivity contribution in [3.63, 3.8) is 0 Å². The van der Waals surface area contributed by atoms with Crippen LogP contribution in [0.4, 0.5) is 5.69 Å². The zero-order valence-electron chi connectivity index (χ0n) is 23.6. The van der Waals surface area contributed by atoms with Gasteiger partial charge in [-0.05, 0) is 18.6 Å². The number of nitrogens with zero attached hydrogens (tertiary/aromatic N) is 4. The lowest BCUT2D eigenvalue weighted by Crippen LogP contribution is -3.00. The highest BCUT2D eigenvalue weighted by molar-refractivity contribution is 7.88. The minimum absolute atomic E-state index is 0. The number of nitrogens with two attached hydrogens (primary N) is 1. The fraction of sp³-hybridized carbons (Fsp3) is 0.593. The van der Waals surface area contributed by atoms with Crippen LogP contribution in [0.1, 0.15) is 19.4 Å². The third-order valence-electron chi connectivity index (χ3n) is 10.1. The molecule has 0 unspecified atom stereocenters. The number of rotatable bonds is 9. The van der Waals surface area contributed by atoms with Gasteiger partial charge in [-0.15, -0.1) is 0 Å². The Morgan fingerprint density at radius 2 is 1.79 bits per heavy atom. The van der Waals surface area contributed by atoms with E-state index in [9.17, 15) is 33.0 Å². The minimum atomic E-state index is -4.28. The molecule has 7 rings (SSSR count). The summed E-state index contributed by atoms with van der Waals surface area (Å²) in [6.07, 6.45) is -0.382. The molecule has 2 bridgehead atoms. The van der Waals surface area contributed by atoms with Gasteiger partial charge in [0.2, 0.25) is 5.91 Å². The van der Waals surface area contributed by atoms with Crippen molar-refractivity contribution in [3.8, 4) is 5.75 Å². The lowest BCUT2D eigenvalue weighted by Gasteiger charge is -2.55. The van der Waals surface area contributed by atoms with Gasteiger partial charge in [-0.3, -0.25) is 9.59 Å². The summed E-state index contributed by atoms with van der Waals surface area (Å²) in [5.74, 6) is -3.38. The van der Waals surface area contributed by atoms with Crippen molar-refractivity contribution in [2.75, 3.05) is 63.2 Å². The number of anilines is 1. The van der Waals surface area contributed by atoms with E-state index in [0.717, 1.165) is 69.5 Å². The van der Waals surface area contributed by atoms with Gasteiger partial charge in [0.25, 0.3) is 5.91 Å². The standard InChI is InChI=1S/C27H35N5O8S.ClH/c1-16-19(24(27(36)37)30-23(16)22(17(2)33)26(30)35)14-29-20-5-3-4-18(25(20)40-41(29,38)39)6-7-31-8-11-32(12-9-31,13-10-31)15-21(28)34;/h3-5,16-17,22-23,33H,6-15H2,1-2H3,(H-2,28,34,36,37);1H/t16-,17+,22+,23+,31?,32?;/m0./s1. The largest absolute Gasteiger partial charge is 1.00 e. The van der Waals surface area contributed by atoms with E-state index in [1.54, 1.807) is 19.1 Å². The molecule has 4 fully saturated rings. The van der Waals surface area contributed by atoms with Crippen LogP contribution in [-0.2, 0) is 31.1 Å². The summed E-state index contributed by atoms with van der Waals surface area (Å²) in [6, 6.07) is 4.66. The predicted octanol–water partition coefficient (Wildman–Crippen LogP) is -5.32. The molecule has 6 aliphatic heterocycles. The number of aliphatic hydroxyl groups is 1. The number of hydrogen-bond donors (Lipinski definition) is 2. The zero-order valence-corrected chi connectivity index (χ0v) is 25.1. The van der Waals surface area contributed by atoms with Gasteiger partial charge < -0.3 is 51.2 Å². The first-order valence-corrected chi connectivity index (χ1v) is 15.4. The Labute approximate surface area is 250 Å². The Balaban J connectivity index is 0.00000353. The van der Waals surface area contributed by atoms with Crippen LogP contribution in [-0.4, -0.2) is 116 Å². The average Bonchev–Trinajstić information content (AvgIpc) is 3.31. The maximum absolute atomic E-state index is 13.3. The summed E-state index contributed by atoms with van der Waals surface area (Å²) in [7, 11) is -4.28. The smallest absolute Gasteiger partial charge is 0.410 e. The summed E-state index contributed by atoms with van der Waals surface area (Å²) in [5.41, 5.74) is 6.47. The Hall–Kier alpha value is -2.91. The highest BCUT2D eigenvalue weighted by Gasteiger charge is 2.59. The van der Waals surface area contributed by atoms with Crippen LogP contribution in [0.15, 0.2) is 29.5 Å². The maximum Gasteiger partial charge on any atom is 0.410 e. The molecule has 0 spiro atoms. The van der Waals surface area contributed by atoms with Crippen LogP contribution < -0.4 is 31.7 Å². The van der Waals surface area contributed by atoms with E-state index in [-0.39, 0.29) is 41.9 Å².